The van der Waals surface area contributed by atoms with Gasteiger partial charge in [-0.3, -0.25) is 4.79 Å². The standard InChI is InChI=1S/C19H22N2O/c1-2-20-12-14-21(15-13-20)19(22)18-11-7-6-10-17(18)16-8-4-3-5-9-16/h3-11H,2,12-15H2,1H3. The van der Waals surface area contributed by atoms with E-state index < -0.39 is 0 Å². The summed E-state index contributed by atoms with van der Waals surface area (Å²) in [7, 11) is 0. The molecule has 3 heteroatoms. The molecule has 3 rings (SSSR count). The third kappa shape index (κ3) is 3.04. The zero-order valence-electron chi connectivity index (χ0n) is 13.0. The summed E-state index contributed by atoms with van der Waals surface area (Å²) in [5.74, 6) is 0.148. The van der Waals surface area contributed by atoms with Gasteiger partial charge in [0.05, 0.1) is 0 Å². The summed E-state index contributed by atoms with van der Waals surface area (Å²) in [6.07, 6.45) is 0. The van der Waals surface area contributed by atoms with Gasteiger partial charge in [-0.15, -0.1) is 0 Å². The lowest BCUT2D eigenvalue weighted by Gasteiger charge is -2.34. The molecular weight excluding hydrogens is 272 g/mol. The molecule has 0 spiro atoms. The van der Waals surface area contributed by atoms with Crippen LogP contribution < -0.4 is 0 Å². The van der Waals surface area contributed by atoms with Gasteiger partial charge < -0.3 is 9.80 Å². The Morgan fingerprint density at radius 2 is 1.55 bits per heavy atom. The maximum Gasteiger partial charge on any atom is 0.254 e. The van der Waals surface area contributed by atoms with Gasteiger partial charge in [-0.2, -0.15) is 0 Å². The molecule has 0 aliphatic carbocycles. The molecule has 0 atom stereocenters. The fourth-order valence-electron chi connectivity index (χ4n) is 2.98. The Labute approximate surface area is 132 Å². The van der Waals surface area contributed by atoms with E-state index in [-0.39, 0.29) is 5.91 Å². The average molecular weight is 294 g/mol. The molecule has 0 radical (unpaired) electrons. The smallest absolute Gasteiger partial charge is 0.254 e. The van der Waals surface area contributed by atoms with Crippen molar-refractivity contribution in [3.05, 3.63) is 60.2 Å². The molecule has 114 valence electrons. The SMILES string of the molecule is CCN1CCN(C(=O)c2ccccc2-c2ccccc2)CC1. The van der Waals surface area contributed by atoms with Crippen molar-refractivity contribution < 1.29 is 4.79 Å². The lowest BCUT2D eigenvalue weighted by molar-refractivity contribution is 0.0644. The maximum absolute atomic E-state index is 12.9. The summed E-state index contributed by atoms with van der Waals surface area (Å²) < 4.78 is 0. The Kier molecular flexibility index (Phi) is 4.54. The summed E-state index contributed by atoms with van der Waals surface area (Å²) in [6, 6.07) is 18.0. The minimum atomic E-state index is 0.148. The molecular formula is C19H22N2O. The molecule has 0 saturated carbocycles. The number of carbonyl (C=O) groups excluding carboxylic acids is 1. The van der Waals surface area contributed by atoms with Crippen LogP contribution in [-0.4, -0.2) is 48.4 Å². The monoisotopic (exact) mass is 294 g/mol. The van der Waals surface area contributed by atoms with Gasteiger partial charge in [-0.25, -0.2) is 0 Å². The van der Waals surface area contributed by atoms with Crippen LogP contribution in [0.5, 0.6) is 0 Å². The fraction of sp³-hybridized carbons (Fsp3) is 0.316. The quantitative estimate of drug-likeness (QED) is 0.868. The van der Waals surface area contributed by atoms with E-state index in [2.05, 4.69) is 24.0 Å². The Balaban J connectivity index is 1.85. The number of hydrogen-bond acceptors (Lipinski definition) is 2. The first-order chi connectivity index (χ1) is 10.8. The van der Waals surface area contributed by atoms with Crippen molar-refractivity contribution in [1.29, 1.82) is 0 Å². The number of amides is 1. The van der Waals surface area contributed by atoms with Crippen LogP contribution in [0, 0.1) is 0 Å². The van der Waals surface area contributed by atoms with E-state index in [0.29, 0.717) is 0 Å². The largest absolute Gasteiger partial charge is 0.336 e. The minimum absolute atomic E-state index is 0.148. The summed E-state index contributed by atoms with van der Waals surface area (Å²) >= 11 is 0. The molecule has 1 saturated heterocycles. The second-order valence-electron chi connectivity index (χ2n) is 5.64. The van der Waals surface area contributed by atoms with Crippen molar-refractivity contribution in [2.75, 3.05) is 32.7 Å². The van der Waals surface area contributed by atoms with E-state index >= 15 is 0 Å². The van der Waals surface area contributed by atoms with Crippen LogP contribution in [0.1, 0.15) is 17.3 Å². The van der Waals surface area contributed by atoms with E-state index in [0.717, 1.165) is 49.4 Å². The molecule has 0 N–H and O–H groups in total. The first kappa shape index (κ1) is 14.8. The first-order valence-electron chi connectivity index (χ1n) is 7.95. The highest BCUT2D eigenvalue weighted by molar-refractivity contribution is 6.00. The Morgan fingerprint density at radius 3 is 2.23 bits per heavy atom. The Morgan fingerprint density at radius 1 is 0.909 bits per heavy atom. The molecule has 2 aromatic carbocycles. The molecule has 1 aliphatic rings. The van der Waals surface area contributed by atoms with Gasteiger partial charge in [0.1, 0.15) is 0 Å². The van der Waals surface area contributed by atoms with Gasteiger partial charge >= 0.3 is 0 Å². The highest BCUT2D eigenvalue weighted by Gasteiger charge is 2.23. The minimum Gasteiger partial charge on any atom is -0.336 e. The second-order valence-corrected chi connectivity index (χ2v) is 5.64. The van der Waals surface area contributed by atoms with Crippen molar-refractivity contribution in [2.24, 2.45) is 0 Å². The van der Waals surface area contributed by atoms with Crippen LogP contribution >= 0.6 is 0 Å². The lowest BCUT2D eigenvalue weighted by Crippen LogP contribution is -2.48. The molecule has 1 amide bonds. The molecule has 3 nitrogen and oxygen atoms in total. The molecule has 1 heterocycles. The highest BCUT2D eigenvalue weighted by atomic mass is 16.2. The lowest BCUT2D eigenvalue weighted by atomic mass is 9.98. The van der Waals surface area contributed by atoms with E-state index in [9.17, 15) is 4.79 Å². The van der Waals surface area contributed by atoms with Crippen LogP contribution in [0.15, 0.2) is 54.6 Å². The van der Waals surface area contributed by atoms with E-state index in [1.807, 2.05) is 47.4 Å². The van der Waals surface area contributed by atoms with E-state index in [4.69, 9.17) is 0 Å². The third-order valence-corrected chi connectivity index (χ3v) is 4.35. The van der Waals surface area contributed by atoms with Crippen molar-refractivity contribution >= 4 is 5.91 Å². The van der Waals surface area contributed by atoms with Crippen LogP contribution in [0.25, 0.3) is 11.1 Å². The molecule has 0 unspecified atom stereocenters. The summed E-state index contributed by atoms with van der Waals surface area (Å²) in [5, 5.41) is 0. The molecule has 0 aromatic heterocycles. The number of benzene rings is 2. The molecule has 0 bridgehead atoms. The van der Waals surface area contributed by atoms with Crippen molar-refractivity contribution in [2.45, 2.75) is 6.92 Å². The third-order valence-electron chi connectivity index (χ3n) is 4.35. The predicted molar refractivity (Wildman–Crippen MR) is 89.9 cm³/mol. The zero-order chi connectivity index (χ0) is 15.4. The van der Waals surface area contributed by atoms with Crippen molar-refractivity contribution in [3.63, 3.8) is 0 Å². The van der Waals surface area contributed by atoms with Gasteiger partial charge in [0, 0.05) is 31.7 Å². The van der Waals surface area contributed by atoms with Gasteiger partial charge in [0.25, 0.3) is 5.91 Å². The summed E-state index contributed by atoms with van der Waals surface area (Å²) in [5.41, 5.74) is 2.92. The van der Waals surface area contributed by atoms with Crippen molar-refractivity contribution in [1.82, 2.24) is 9.80 Å². The highest BCUT2D eigenvalue weighted by Crippen LogP contribution is 2.24. The van der Waals surface area contributed by atoms with Gasteiger partial charge in [-0.1, -0.05) is 55.5 Å². The maximum atomic E-state index is 12.9. The molecule has 1 fully saturated rings. The Bertz CT molecular complexity index is 631. The van der Waals surface area contributed by atoms with Crippen LogP contribution in [0.2, 0.25) is 0 Å². The average Bonchev–Trinajstić information content (AvgIpc) is 2.62. The van der Waals surface area contributed by atoms with Gasteiger partial charge in [0.15, 0.2) is 0 Å². The first-order valence-corrected chi connectivity index (χ1v) is 7.95. The zero-order valence-corrected chi connectivity index (χ0v) is 13.0. The van der Waals surface area contributed by atoms with Crippen molar-refractivity contribution in [3.8, 4) is 11.1 Å². The number of likely N-dealkylation sites (N-methyl/N-ethyl adjacent to an activating group) is 1. The summed E-state index contributed by atoms with van der Waals surface area (Å²) in [6.45, 7) is 6.79. The Hall–Kier alpha value is -2.13. The topological polar surface area (TPSA) is 23.6 Å². The number of rotatable bonds is 3. The van der Waals surface area contributed by atoms with Crippen LogP contribution in [0.3, 0.4) is 0 Å². The number of hydrogen-bond donors (Lipinski definition) is 0. The van der Waals surface area contributed by atoms with Gasteiger partial charge in [-0.05, 0) is 23.7 Å². The summed E-state index contributed by atoms with van der Waals surface area (Å²) in [4.78, 5) is 17.3. The fourth-order valence-corrected chi connectivity index (χ4v) is 2.98. The number of carbonyl (C=O) groups is 1. The molecule has 1 aliphatic heterocycles. The molecule has 2 aromatic rings. The van der Waals surface area contributed by atoms with Gasteiger partial charge in [0.2, 0.25) is 0 Å². The number of nitrogens with zero attached hydrogens (tertiary/aromatic N) is 2. The van der Waals surface area contributed by atoms with Crippen LogP contribution in [0.4, 0.5) is 0 Å². The normalized spacial score (nSPS) is 15.8. The van der Waals surface area contributed by atoms with E-state index in [1.54, 1.807) is 0 Å². The molecule has 22 heavy (non-hydrogen) atoms. The number of piperazine rings is 1. The second kappa shape index (κ2) is 6.75. The predicted octanol–water partition coefficient (Wildman–Crippen LogP) is 3.13. The van der Waals surface area contributed by atoms with Crippen LogP contribution in [-0.2, 0) is 0 Å². The van der Waals surface area contributed by atoms with E-state index in [1.165, 1.54) is 0 Å².